The highest BCUT2D eigenvalue weighted by Crippen LogP contribution is 2.34. The van der Waals surface area contributed by atoms with E-state index in [4.69, 9.17) is 17.7 Å². The van der Waals surface area contributed by atoms with Gasteiger partial charge in [-0.1, -0.05) is 6.92 Å². The highest BCUT2D eigenvalue weighted by molar-refractivity contribution is 6.11. The zero-order chi connectivity index (χ0) is 10.9. The molecule has 14 heavy (non-hydrogen) atoms. The van der Waals surface area contributed by atoms with E-state index in [1.165, 1.54) is 7.05 Å². The van der Waals surface area contributed by atoms with Gasteiger partial charge < -0.3 is 20.2 Å². The number of aliphatic hydroxyl groups is 2. The lowest BCUT2D eigenvalue weighted by Crippen LogP contribution is -2.50. The topological polar surface area (TPSA) is 73.2 Å². The predicted octanol–water partition coefficient (Wildman–Crippen LogP) is -1.30. The molecule has 1 aliphatic heterocycles. The molecule has 5 nitrogen and oxygen atoms in total. The Bertz CT molecular complexity index is 198. The maximum atomic E-state index is 9.87. The monoisotopic (exact) mass is 201 g/mol. The Labute approximate surface area is 84.6 Å². The zero-order valence-electron chi connectivity index (χ0n) is 8.42. The van der Waals surface area contributed by atoms with Crippen molar-refractivity contribution in [1.82, 2.24) is 5.06 Å². The first kappa shape index (κ1) is 11.9. The van der Waals surface area contributed by atoms with Gasteiger partial charge in [0.25, 0.3) is 0 Å². The third-order valence-corrected chi connectivity index (χ3v) is 2.87. The van der Waals surface area contributed by atoms with Crippen molar-refractivity contribution in [2.45, 2.75) is 37.1 Å². The predicted molar refractivity (Wildman–Crippen MR) is 50.1 cm³/mol. The lowest BCUT2D eigenvalue weighted by Gasteiger charge is -2.30. The molecule has 1 rings (SSSR count). The van der Waals surface area contributed by atoms with Crippen LogP contribution in [0.15, 0.2) is 0 Å². The van der Waals surface area contributed by atoms with Gasteiger partial charge >= 0.3 is 0 Å². The van der Waals surface area contributed by atoms with Gasteiger partial charge in [0.2, 0.25) is 0 Å². The number of ether oxygens (including phenoxy) is 1. The second-order valence-electron chi connectivity index (χ2n) is 3.67. The molecule has 80 valence electrons. The fraction of sp³-hybridized carbons (Fsp3) is 1.00. The van der Waals surface area contributed by atoms with Crippen molar-refractivity contribution in [3.05, 3.63) is 0 Å². The van der Waals surface area contributed by atoms with Crippen molar-refractivity contribution >= 4 is 7.85 Å². The summed E-state index contributed by atoms with van der Waals surface area (Å²) in [6, 6.07) is -1.51. The van der Waals surface area contributed by atoms with Gasteiger partial charge in [-0.25, -0.2) is 0 Å². The maximum absolute atomic E-state index is 9.87. The minimum absolute atomic E-state index is 0.317. The van der Waals surface area contributed by atoms with Gasteiger partial charge in [0.15, 0.2) is 0 Å². The lowest BCUT2D eigenvalue weighted by molar-refractivity contribution is -0.135. The van der Waals surface area contributed by atoms with Crippen LogP contribution >= 0.6 is 0 Å². The van der Waals surface area contributed by atoms with Crippen molar-refractivity contribution in [1.29, 1.82) is 0 Å². The molecule has 0 unspecified atom stereocenters. The molecule has 6 heteroatoms. The zero-order valence-corrected chi connectivity index (χ0v) is 8.42. The summed E-state index contributed by atoms with van der Waals surface area (Å²) in [5.41, 5.74) is -1.05. The van der Waals surface area contributed by atoms with Crippen LogP contribution in [0.3, 0.4) is 0 Å². The van der Waals surface area contributed by atoms with E-state index in [1.54, 1.807) is 6.92 Å². The smallest absolute Gasteiger partial charge is 0.118 e. The average molecular weight is 201 g/mol. The van der Waals surface area contributed by atoms with E-state index in [-0.39, 0.29) is 6.61 Å². The van der Waals surface area contributed by atoms with E-state index in [0.717, 1.165) is 5.06 Å². The normalized spacial score (nSPS) is 43.4. The summed E-state index contributed by atoms with van der Waals surface area (Å²) in [5.74, 6) is 0. The van der Waals surface area contributed by atoms with E-state index < -0.39 is 23.8 Å². The minimum atomic E-state index is -1.05. The molecule has 1 saturated heterocycles. The van der Waals surface area contributed by atoms with Gasteiger partial charge in [-0.15, -0.1) is 0 Å². The molecule has 0 aromatic rings. The number of hydroxylamine groups is 2. The summed E-state index contributed by atoms with van der Waals surface area (Å²) in [5, 5.41) is 29.1. The summed E-state index contributed by atoms with van der Waals surface area (Å²) in [6.07, 6.45) is -0.564. The Hall–Kier alpha value is -0.135. The number of hydrogen-bond donors (Lipinski definition) is 3. The van der Waals surface area contributed by atoms with Crippen LogP contribution < -0.4 is 0 Å². The van der Waals surface area contributed by atoms with Gasteiger partial charge in [-0.3, -0.25) is 0 Å². The van der Waals surface area contributed by atoms with Gasteiger partial charge in [0.1, 0.15) is 19.6 Å². The van der Waals surface area contributed by atoms with Crippen LogP contribution in [0, 0.1) is 0 Å². The third-order valence-electron chi connectivity index (χ3n) is 2.87. The maximum Gasteiger partial charge on any atom is 0.118 e. The fourth-order valence-corrected chi connectivity index (χ4v) is 1.85. The van der Waals surface area contributed by atoms with E-state index in [0.29, 0.717) is 6.42 Å². The molecule has 0 aliphatic carbocycles. The summed E-state index contributed by atoms with van der Waals surface area (Å²) in [6.45, 7) is 1.47. The van der Waals surface area contributed by atoms with Crippen LogP contribution in [0.2, 0.25) is 0 Å². The fourth-order valence-electron chi connectivity index (χ4n) is 1.85. The Kier molecular flexibility index (Phi) is 3.55. The summed E-state index contributed by atoms with van der Waals surface area (Å²) >= 11 is 0. The van der Waals surface area contributed by atoms with Crippen LogP contribution in [0.1, 0.15) is 13.3 Å². The molecule has 4 atom stereocenters. The van der Waals surface area contributed by atoms with Gasteiger partial charge in [-0.2, -0.15) is 5.06 Å². The molecule has 0 aromatic carbocycles. The highest BCUT2D eigenvalue weighted by Gasteiger charge is 2.52. The average Bonchev–Trinajstić information content (AvgIpc) is 2.38. The largest absolute Gasteiger partial charge is 0.393 e. The molecule has 1 aliphatic rings. The molecule has 3 N–H and O–H groups in total. The van der Waals surface area contributed by atoms with E-state index in [2.05, 4.69) is 0 Å². The Morgan fingerprint density at radius 2 is 2.14 bits per heavy atom. The van der Waals surface area contributed by atoms with Gasteiger partial charge in [-0.05, 0) is 6.42 Å². The third kappa shape index (κ3) is 1.68. The number of rotatable bonds is 3. The molecule has 0 spiro atoms. The standard InChI is InChI=1S/C8H16BNO4/c1-3-8(4-11)6(12)5(10(2)13)7(9)14-8/h5-7,11-13H,3-4H2,1-2H3/t5-,6+,7-,8-/m1/s1. The van der Waals surface area contributed by atoms with Crippen molar-refractivity contribution in [3.8, 4) is 0 Å². The van der Waals surface area contributed by atoms with Gasteiger partial charge in [0.05, 0.1) is 12.6 Å². The Morgan fingerprint density at radius 3 is 2.36 bits per heavy atom. The van der Waals surface area contributed by atoms with Crippen LogP contribution in [-0.2, 0) is 4.74 Å². The number of nitrogens with zero attached hydrogens (tertiary/aromatic N) is 1. The molecular formula is C8H16BNO4. The van der Waals surface area contributed by atoms with Crippen LogP contribution in [0.4, 0.5) is 0 Å². The molecule has 0 saturated carbocycles. The molecule has 1 heterocycles. The van der Waals surface area contributed by atoms with Crippen LogP contribution in [0.25, 0.3) is 0 Å². The first-order valence-electron chi connectivity index (χ1n) is 4.62. The SMILES string of the molecule is [B][C@@H]1O[C@](CC)(CO)[C@@H](O)[C@H]1N(C)O. The molecular weight excluding hydrogens is 185 g/mol. The molecule has 0 bridgehead atoms. The number of likely N-dealkylation sites (N-methyl/N-ethyl adjacent to an activating group) is 1. The van der Waals surface area contributed by atoms with E-state index in [9.17, 15) is 10.3 Å². The van der Waals surface area contributed by atoms with E-state index >= 15 is 0 Å². The van der Waals surface area contributed by atoms with Crippen molar-refractivity contribution in [3.63, 3.8) is 0 Å². The van der Waals surface area contributed by atoms with E-state index in [1.807, 2.05) is 0 Å². The summed E-state index contributed by atoms with van der Waals surface area (Å²) in [4.78, 5) is 0. The first-order valence-corrected chi connectivity index (χ1v) is 4.62. The highest BCUT2D eigenvalue weighted by atomic mass is 16.6. The summed E-state index contributed by atoms with van der Waals surface area (Å²) < 4.78 is 5.31. The molecule has 1 fully saturated rings. The summed E-state index contributed by atoms with van der Waals surface area (Å²) in [7, 11) is 6.99. The second-order valence-corrected chi connectivity index (χ2v) is 3.67. The van der Waals surface area contributed by atoms with Crippen LogP contribution in [0.5, 0.6) is 0 Å². The lowest BCUT2D eigenvalue weighted by atomic mass is 9.86. The Balaban J connectivity index is 2.87. The quantitative estimate of drug-likeness (QED) is 0.391. The molecule has 0 amide bonds. The molecule has 2 radical (unpaired) electrons. The number of aliphatic hydroxyl groups excluding tert-OH is 2. The second kappa shape index (κ2) is 4.16. The first-order chi connectivity index (χ1) is 6.48. The Morgan fingerprint density at radius 1 is 1.57 bits per heavy atom. The van der Waals surface area contributed by atoms with Crippen LogP contribution in [-0.4, -0.2) is 65.7 Å². The minimum Gasteiger partial charge on any atom is -0.393 e. The van der Waals surface area contributed by atoms with Gasteiger partial charge in [0, 0.05) is 13.1 Å². The molecule has 0 aromatic heterocycles. The van der Waals surface area contributed by atoms with Crippen molar-refractivity contribution in [2.24, 2.45) is 0 Å². The number of hydrogen-bond acceptors (Lipinski definition) is 5. The van der Waals surface area contributed by atoms with Crippen molar-refractivity contribution < 1.29 is 20.2 Å². The van der Waals surface area contributed by atoms with Crippen molar-refractivity contribution in [2.75, 3.05) is 13.7 Å².